The standard InChI is InChI=1S/C21H25N5O2S/c27-20(5-3-7-22-21(28)17-6-13-29-16-17)25-11-9-24(10-12-25)14-18-15-26-8-2-1-4-19(26)23-18/h1-2,4,6,8,13,15-16H,3,5,7,9-12,14H2,(H,22,28). The molecule has 0 aromatic carbocycles. The van der Waals surface area contributed by atoms with Gasteiger partial charge in [-0.3, -0.25) is 14.5 Å². The lowest BCUT2D eigenvalue weighted by Gasteiger charge is -2.34. The monoisotopic (exact) mass is 411 g/mol. The van der Waals surface area contributed by atoms with Gasteiger partial charge < -0.3 is 14.6 Å². The molecule has 3 aromatic heterocycles. The van der Waals surface area contributed by atoms with Crippen molar-refractivity contribution in [2.75, 3.05) is 32.7 Å². The zero-order chi connectivity index (χ0) is 20.1. The van der Waals surface area contributed by atoms with Crippen molar-refractivity contribution in [3.8, 4) is 0 Å². The molecule has 0 aliphatic carbocycles. The molecule has 152 valence electrons. The molecule has 0 unspecified atom stereocenters. The van der Waals surface area contributed by atoms with Crippen molar-refractivity contribution in [3.63, 3.8) is 0 Å². The van der Waals surface area contributed by atoms with Gasteiger partial charge in [0.1, 0.15) is 5.65 Å². The van der Waals surface area contributed by atoms with Crippen LogP contribution in [-0.2, 0) is 11.3 Å². The van der Waals surface area contributed by atoms with Gasteiger partial charge in [-0.25, -0.2) is 4.98 Å². The van der Waals surface area contributed by atoms with Crippen LogP contribution in [0.3, 0.4) is 0 Å². The summed E-state index contributed by atoms with van der Waals surface area (Å²) < 4.78 is 2.03. The third-order valence-corrected chi connectivity index (χ3v) is 5.84. The molecule has 4 rings (SSSR count). The summed E-state index contributed by atoms with van der Waals surface area (Å²) in [6, 6.07) is 7.79. The van der Waals surface area contributed by atoms with E-state index in [0.717, 1.165) is 44.1 Å². The second kappa shape index (κ2) is 9.19. The summed E-state index contributed by atoms with van der Waals surface area (Å²) in [5.41, 5.74) is 2.70. The third kappa shape index (κ3) is 5.02. The fourth-order valence-corrected chi connectivity index (χ4v) is 4.18. The van der Waals surface area contributed by atoms with Gasteiger partial charge in [0.15, 0.2) is 0 Å². The Morgan fingerprint density at radius 2 is 2.00 bits per heavy atom. The summed E-state index contributed by atoms with van der Waals surface area (Å²) in [5, 5.41) is 6.58. The molecule has 0 bridgehead atoms. The normalized spacial score (nSPS) is 15.0. The maximum Gasteiger partial charge on any atom is 0.252 e. The Labute approximate surface area is 174 Å². The third-order valence-electron chi connectivity index (χ3n) is 5.16. The van der Waals surface area contributed by atoms with Crippen molar-refractivity contribution >= 4 is 28.8 Å². The summed E-state index contributed by atoms with van der Waals surface area (Å²) in [6.45, 7) is 4.52. The first-order valence-electron chi connectivity index (χ1n) is 9.92. The number of fused-ring (bicyclic) bond motifs is 1. The van der Waals surface area contributed by atoms with Crippen LogP contribution < -0.4 is 5.32 Å². The Morgan fingerprint density at radius 3 is 2.76 bits per heavy atom. The number of carbonyl (C=O) groups is 2. The van der Waals surface area contributed by atoms with Gasteiger partial charge in [-0.05, 0) is 30.0 Å². The Hall–Kier alpha value is -2.71. The Bertz CT molecular complexity index is 928. The highest BCUT2D eigenvalue weighted by molar-refractivity contribution is 7.08. The lowest BCUT2D eigenvalue weighted by atomic mass is 10.2. The van der Waals surface area contributed by atoms with E-state index >= 15 is 0 Å². The number of thiophene rings is 1. The fraction of sp³-hybridized carbons (Fsp3) is 0.381. The summed E-state index contributed by atoms with van der Waals surface area (Å²) in [6.07, 6.45) is 5.20. The fourth-order valence-electron chi connectivity index (χ4n) is 3.54. The van der Waals surface area contributed by atoms with Gasteiger partial charge in [-0.15, -0.1) is 0 Å². The number of nitrogens with one attached hydrogen (secondary N) is 1. The second-order valence-corrected chi connectivity index (χ2v) is 8.01. The predicted molar refractivity (Wildman–Crippen MR) is 113 cm³/mol. The zero-order valence-corrected chi connectivity index (χ0v) is 17.1. The van der Waals surface area contributed by atoms with Crippen LogP contribution in [0, 0.1) is 0 Å². The molecular formula is C21H25N5O2S. The summed E-state index contributed by atoms with van der Waals surface area (Å²) in [5.74, 6) is 0.0985. The predicted octanol–water partition coefficient (Wildman–Crippen LogP) is 2.25. The molecule has 0 spiro atoms. The largest absolute Gasteiger partial charge is 0.352 e. The molecule has 1 fully saturated rings. The molecule has 0 saturated carbocycles. The molecule has 1 N–H and O–H groups in total. The van der Waals surface area contributed by atoms with Crippen LogP contribution in [0.1, 0.15) is 28.9 Å². The SMILES string of the molecule is O=C(NCCCC(=O)N1CCN(Cc2cn3ccccc3n2)CC1)c1ccsc1. The van der Waals surface area contributed by atoms with E-state index in [1.54, 1.807) is 6.07 Å². The first-order valence-corrected chi connectivity index (χ1v) is 10.9. The maximum atomic E-state index is 12.4. The number of carbonyl (C=O) groups excluding carboxylic acids is 2. The van der Waals surface area contributed by atoms with E-state index in [4.69, 9.17) is 0 Å². The van der Waals surface area contributed by atoms with E-state index in [9.17, 15) is 9.59 Å². The van der Waals surface area contributed by atoms with E-state index in [1.807, 2.05) is 44.5 Å². The van der Waals surface area contributed by atoms with Gasteiger partial charge in [0.25, 0.3) is 5.91 Å². The van der Waals surface area contributed by atoms with Gasteiger partial charge >= 0.3 is 0 Å². The molecule has 1 aliphatic rings. The van der Waals surface area contributed by atoms with Crippen molar-refractivity contribution in [2.24, 2.45) is 0 Å². The zero-order valence-electron chi connectivity index (χ0n) is 16.3. The Morgan fingerprint density at radius 1 is 1.14 bits per heavy atom. The minimum atomic E-state index is -0.0701. The first kappa shape index (κ1) is 19.6. The first-order chi connectivity index (χ1) is 14.2. The second-order valence-electron chi connectivity index (χ2n) is 7.23. The minimum absolute atomic E-state index is 0.0701. The summed E-state index contributed by atoms with van der Waals surface area (Å²) >= 11 is 1.50. The Kier molecular flexibility index (Phi) is 6.21. The van der Waals surface area contributed by atoms with Crippen molar-refractivity contribution in [2.45, 2.75) is 19.4 Å². The molecule has 1 aliphatic heterocycles. The molecule has 29 heavy (non-hydrogen) atoms. The van der Waals surface area contributed by atoms with E-state index < -0.39 is 0 Å². The van der Waals surface area contributed by atoms with E-state index in [-0.39, 0.29) is 11.8 Å². The minimum Gasteiger partial charge on any atom is -0.352 e. The number of imidazole rings is 1. The number of piperazine rings is 1. The van der Waals surface area contributed by atoms with Crippen molar-refractivity contribution in [3.05, 3.63) is 58.7 Å². The van der Waals surface area contributed by atoms with Crippen molar-refractivity contribution < 1.29 is 9.59 Å². The van der Waals surface area contributed by atoms with Crippen LogP contribution in [0.4, 0.5) is 0 Å². The molecule has 4 heterocycles. The smallest absolute Gasteiger partial charge is 0.252 e. The van der Waals surface area contributed by atoms with Gasteiger partial charge in [-0.2, -0.15) is 11.3 Å². The van der Waals surface area contributed by atoms with E-state index in [2.05, 4.69) is 21.4 Å². The highest BCUT2D eigenvalue weighted by Crippen LogP contribution is 2.11. The van der Waals surface area contributed by atoms with Crippen LogP contribution in [0.5, 0.6) is 0 Å². The lowest BCUT2D eigenvalue weighted by molar-refractivity contribution is -0.133. The molecule has 1 saturated heterocycles. The molecule has 2 amide bonds. The topological polar surface area (TPSA) is 70.0 Å². The number of amides is 2. The number of nitrogens with zero attached hydrogens (tertiary/aromatic N) is 4. The van der Waals surface area contributed by atoms with Gasteiger partial charge in [-0.1, -0.05) is 6.07 Å². The molecular weight excluding hydrogens is 386 g/mol. The van der Waals surface area contributed by atoms with Gasteiger partial charge in [0.05, 0.1) is 5.69 Å². The number of aromatic nitrogens is 2. The maximum absolute atomic E-state index is 12.4. The van der Waals surface area contributed by atoms with Crippen LogP contribution in [0.15, 0.2) is 47.4 Å². The molecule has 0 radical (unpaired) electrons. The number of hydrogen-bond donors (Lipinski definition) is 1. The average molecular weight is 412 g/mol. The molecule has 8 heteroatoms. The lowest BCUT2D eigenvalue weighted by Crippen LogP contribution is -2.48. The number of rotatable bonds is 7. The number of hydrogen-bond acceptors (Lipinski definition) is 5. The Balaban J connectivity index is 1.16. The van der Waals surface area contributed by atoms with Crippen molar-refractivity contribution in [1.29, 1.82) is 0 Å². The summed E-state index contributed by atoms with van der Waals surface area (Å²) in [7, 11) is 0. The molecule has 7 nitrogen and oxygen atoms in total. The quantitative estimate of drug-likeness (QED) is 0.606. The highest BCUT2D eigenvalue weighted by Gasteiger charge is 2.21. The molecule has 3 aromatic rings. The van der Waals surface area contributed by atoms with Crippen LogP contribution in [0.2, 0.25) is 0 Å². The highest BCUT2D eigenvalue weighted by atomic mass is 32.1. The van der Waals surface area contributed by atoms with Crippen LogP contribution in [0.25, 0.3) is 5.65 Å². The summed E-state index contributed by atoms with van der Waals surface area (Å²) in [4.78, 5) is 33.2. The van der Waals surface area contributed by atoms with E-state index in [0.29, 0.717) is 24.9 Å². The average Bonchev–Trinajstić information content (AvgIpc) is 3.41. The van der Waals surface area contributed by atoms with Crippen LogP contribution >= 0.6 is 11.3 Å². The van der Waals surface area contributed by atoms with E-state index in [1.165, 1.54) is 11.3 Å². The van der Waals surface area contributed by atoms with Crippen molar-refractivity contribution in [1.82, 2.24) is 24.5 Å². The van der Waals surface area contributed by atoms with Gasteiger partial charge in [0, 0.05) is 69.0 Å². The van der Waals surface area contributed by atoms with Gasteiger partial charge in [0.2, 0.25) is 5.91 Å². The molecule has 0 atom stereocenters. The van der Waals surface area contributed by atoms with Crippen LogP contribution in [-0.4, -0.2) is 63.7 Å². The number of pyridine rings is 1.